The highest BCUT2D eigenvalue weighted by Crippen LogP contribution is 2.54. The van der Waals surface area contributed by atoms with Crippen LogP contribution in [0, 0.1) is 11.2 Å². The third kappa shape index (κ3) is 2.88. The van der Waals surface area contributed by atoms with Crippen LogP contribution in [0.1, 0.15) is 25.3 Å². The number of nitrogens with one attached hydrogen (secondary N) is 1. The van der Waals surface area contributed by atoms with Gasteiger partial charge in [0.1, 0.15) is 4.60 Å². The molecule has 1 unspecified atom stereocenters. The topological polar surface area (TPSA) is 45.2 Å². The molecule has 0 spiro atoms. The van der Waals surface area contributed by atoms with Crippen molar-refractivity contribution in [2.45, 2.75) is 37.6 Å². The van der Waals surface area contributed by atoms with Gasteiger partial charge in [-0.3, -0.25) is 4.79 Å². The van der Waals surface area contributed by atoms with Gasteiger partial charge >= 0.3 is 0 Å². The fourth-order valence-corrected chi connectivity index (χ4v) is 4.06. The SMILES string of the molecule is CSCc1cc(F)c(Br)nc1N(Cl)C(=O)C1C[C@@]2(C)C[C@H]2N1. The molecule has 1 aromatic rings. The Morgan fingerprint density at radius 2 is 2.41 bits per heavy atom. The molecule has 1 amide bonds. The Morgan fingerprint density at radius 1 is 1.68 bits per heavy atom. The number of thioether (sulfide) groups is 1. The van der Waals surface area contributed by atoms with Crippen molar-refractivity contribution in [3.63, 3.8) is 0 Å². The normalized spacial score (nSPS) is 29.3. The maximum Gasteiger partial charge on any atom is 0.260 e. The quantitative estimate of drug-likeness (QED) is 0.612. The summed E-state index contributed by atoms with van der Waals surface area (Å²) in [6, 6.07) is 1.48. The molecule has 2 aliphatic rings. The minimum Gasteiger partial charge on any atom is -0.302 e. The molecular formula is C14H16BrClFN3OS. The lowest BCUT2D eigenvalue weighted by atomic mass is 10.0. The third-order valence-electron chi connectivity index (χ3n) is 4.39. The number of halogens is 3. The average molecular weight is 409 g/mol. The number of hydrogen-bond donors (Lipinski definition) is 1. The van der Waals surface area contributed by atoms with E-state index in [0.29, 0.717) is 23.2 Å². The lowest BCUT2D eigenvalue weighted by molar-refractivity contribution is -0.119. The Bertz CT molecular complexity index is 634. The predicted molar refractivity (Wildman–Crippen MR) is 90.5 cm³/mol. The van der Waals surface area contributed by atoms with Crippen molar-refractivity contribution in [2.24, 2.45) is 5.41 Å². The Morgan fingerprint density at radius 3 is 3.00 bits per heavy atom. The van der Waals surface area contributed by atoms with Crippen LogP contribution >= 0.6 is 39.5 Å². The number of amides is 1. The fourth-order valence-electron chi connectivity index (χ4n) is 2.99. The first-order valence-corrected chi connectivity index (χ1v) is 9.48. The number of anilines is 1. The smallest absolute Gasteiger partial charge is 0.260 e. The van der Waals surface area contributed by atoms with E-state index in [1.54, 1.807) is 0 Å². The largest absolute Gasteiger partial charge is 0.302 e. The van der Waals surface area contributed by atoms with Crippen molar-refractivity contribution in [1.29, 1.82) is 0 Å². The maximum atomic E-state index is 13.7. The molecule has 0 aromatic carbocycles. The lowest BCUT2D eigenvalue weighted by Crippen LogP contribution is -2.41. The van der Waals surface area contributed by atoms with Gasteiger partial charge in [0, 0.05) is 29.1 Å². The van der Waals surface area contributed by atoms with Crippen LogP contribution in [-0.2, 0) is 10.5 Å². The van der Waals surface area contributed by atoms with E-state index in [-0.39, 0.29) is 22.0 Å². The van der Waals surface area contributed by atoms with Gasteiger partial charge in [0.2, 0.25) is 0 Å². The van der Waals surface area contributed by atoms with E-state index < -0.39 is 5.82 Å². The van der Waals surface area contributed by atoms with Crippen LogP contribution < -0.4 is 9.74 Å². The van der Waals surface area contributed by atoms with Gasteiger partial charge in [0.05, 0.1) is 6.04 Å². The summed E-state index contributed by atoms with van der Waals surface area (Å²) in [5.41, 5.74) is 0.822. The number of nitrogens with zero attached hydrogens (tertiary/aromatic N) is 2. The number of piperidine rings is 1. The number of pyridine rings is 1. The van der Waals surface area contributed by atoms with Crippen molar-refractivity contribution in [1.82, 2.24) is 10.3 Å². The fraction of sp³-hybridized carbons (Fsp3) is 0.571. The second kappa shape index (κ2) is 5.92. The van der Waals surface area contributed by atoms with Crippen LogP contribution in [0.3, 0.4) is 0 Å². The van der Waals surface area contributed by atoms with Gasteiger partial charge in [-0.15, -0.1) is 0 Å². The second-order valence-corrected chi connectivity index (χ2v) is 8.09. The molecule has 1 aliphatic carbocycles. The van der Waals surface area contributed by atoms with Gasteiger partial charge in [0.15, 0.2) is 11.6 Å². The molecule has 0 radical (unpaired) electrons. The van der Waals surface area contributed by atoms with E-state index >= 15 is 0 Å². The highest BCUT2D eigenvalue weighted by Gasteiger charge is 2.58. The lowest BCUT2D eigenvalue weighted by Gasteiger charge is -2.21. The zero-order valence-electron chi connectivity index (χ0n) is 12.2. The van der Waals surface area contributed by atoms with Gasteiger partial charge in [-0.1, -0.05) is 6.92 Å². The second-order valence-electron chi connectivity index (χ2n) is 6.13. The van der Waals surface area contributed by atoms with E-state index in [0.717, 1.165) is 17.3 Å². The summed E-state index contributed by atoms with van der Waals surface area (Å²) < 4.78 is 14.8. The van der Waals surface area contributed by atoms with Crippen molar-refractivity contribution < 1.29 is 9.18 Å². The molecule has 22 heavy (non-hydrogen) atoms. The number of fused-ring (bicyclic) bond motifs is 1. The molecule has 8 heteroatoms. The van der Waals surface area contributed by atoms with Gasteiger partial charge in [-0.25, -0.2) is 13.8 Å². The Balaban J connectivity index is 1.83. The molecule has 1 saturated carbocycles. The van der Waals surface area contributed by atoms with Gasteiger partial charge in [-0.05, 0) is 46.5 Å². The summed E-state index contributed by atoms with van der Waals surface area (Å²) >= 11 is 10.8. The molecule has 0 bridgehead atoms. The number of hydrogen-bond acceptors (Lipinski definition) is 4. The standard InChI is InChI=1S/C14H16BrClFN3OS/c1-14-4-9(18-10(14)5-14)13(21)20(16)12-7(6-22-2)3-8(17)11(15)19-12/h3,9-10,18H,4-6H2,1-2H3/t9?,10-,14+/m1/s1. The average Bonchev–Trinajstić information content (AvgIpc) is 2.99. The molecule has 2 fully saturated rings. The summed E-state index contributed by atoms with van der Waals surface area (Å²) in [5.74, 6) is 0.130. The van der Waals surface area contributed by atoms with Crippen molar-refractivity contribution >= 4 is 51.2 Å². The summed E-state index contributed by atoms with van der Waals surface area (Å²) in [4.78, 5) is 16.7. The highest BCUT2D eigenvalue weighted by atomic mass is 79.9. The monoisotopic (exact) mass is 407 g/mol. The zero-order valence-corrected chi connectivity index (χ0v) is 15.4. The summed E-state index contributed by atoms with van der Waals surface area (Å²) in [7, 11) is 0. The van der Waals surface area contributed by atoms with E-state index in [1.165, 1.54) is 17.8 Å². The highest BCUT2D eigenvalue weighted by molar-refractivity contribution is 9.10. The summed E-state index contributed by atoms with van der Waals surface area (Å²) in [5, 5.41) is 3.30. The molecule has 1 aromatic heterocycles. The van der Waals surface area contributed by atoms with Crippen LogP contribution in [0.15, 0.2) is 10.7 Å². The minimum absolute atomic E-state index is 0.0555. The van der Waals surface area contributed by atoms with E-state index in [2.05, 4.69) is 33.2 Å². The van der Waals surface area contributed by atoms with Gasteiger partial charge in [0.25, 0.3) is 5.91 Å². The Kier molecular flexibility index (Phi) is 4.44. The molecule has 1 N–H and O–H groups in total. The number of carbonyl (C=O) groups is 1. The molecule has 4 nitrogen and oxygen atoms in total. The third-order valence-corrected chi connectivity index (χ3v) is 5.87. The summed E-state index contributed by atoms with van der Waals surface area (Å²) in [6.45, 7) is 2.17. The van der Waals surface area contributed by atoms with Crippen LogP contribution in [0.4, 0.5) is 10.2 Å². The van der Waals surface area contributed by atoms with Crippen molar-refractivity contribution in [3.8, 4) is 0 Å². The molecule has 3 rings (SSSR count). The van der Waals surface area contributed by atoms with Gasteiger partial charge < -0.3 is 5.32 Å². The van der Waals surface area contributed by atoms with E-state index in [1.807, 2.05) is 6.26 Å². The summed E-state index contributed by atoms with van der Waals surface area (Å²) in [6.07, 6.45) is 3.79. The molecule has 3 atom stereocenters. The predicted octanol–water partition coefficient (Wildman–Crippen LogP) is 3.47. The molecule has 2 heterocycles. The first-order valence-electron chi connectivity index (χ1n) is 6.95. The van der Waals surface area contributed by atoms with Crippen LogP contribution in [0.5, 0.6) is 0 Å². The van der Waals surface area contributed by atoms with E-state index in [4.69, 9.17) is 11.8 Å². The first kappa shape index (κ1) is 16.5. The molecule has 120 valence electrons. The van der Waals surface area contributed by atoms with Crippen molar-refractivity contribution in [3.05, 3.63) is 22.1 Å². The first-order chi connectivity index (χ1) is 10.4. The number of rotatable bonds is 4. The maximum absolute atomic E-state index is 13.7. The zero-order chi connectivity index (χ0) is 16.1. The minimum atomic E-state index is -0.460. The number of carbonyl (C=O) groups excluding carboxylic acids is 1. The van der Waals surface area contributed by atoms with Gasteiger partial charge in [-0.2, -0.15) is 11.8 Å². The van der Waals surface area contributed by atoms with Crippen molar-refractivity contribution in [2.75, 3.05) is 10.7 Å². The molecular weight excluding hydrogens is 393 g/mol. The molecule has 1 saturated heterocycles. The Labute approximate surface area is 146 Å². The molecule has 1 aliphatic heterocycles. The Hall–Kier alpha value is -0.370. The van der Waals surface area contributed by atoms with Crippen LogP contribution in [-0.4, -0.2) is 29.2 Å². The number of aromatic nitrogens is 1. The van der Waals surface area contributed by atoms with Crippen LogP contribution in [0.25, 0.3) is 0 Å². The van der Waals surface area contributed by atoms with Crippen LogP contribution in [0.2, 0.25) is 0 Å². The van der Waals surface area contributed by atoms with E-state index in [9.17, 15) is 9.18 Å².